The number of halogens is 1. The van der Waals surface area contributed by atoms with Gasteiger partial charge in [0.05, 0.1) is 28.5 Å². The molecule has 3 rings (SSSR count). The molecule has 0 aliphatic heterocycles. The summed E-state index contributed by atoms with van der Waals surface area (Å²) in [5, 5.41) is 32.1. The van der Waals surface area contributed by atoms with Crippen molar-refractivity contribution in [1.82, 2.24) is 4.98 Å². The van der Waals surface area contributed by atoms with E-state index in [1.54, 1.807) is 6.07 Å². The van der Waals surface area contributed by atoms with Gasteiger partial charge >= 0.3 is 5.97 Å². The number of fused-ring (bicyclic) bond motifs is 1. The molecule has 0 radical (unpaired) electrons. The zero-order valence-corrected chi connectivity index (χ0v) is 20.3. The average molecular weight is 482 g/mol. The number of ether oxygens (including phenoxy) is 1. The number of aliphatic hydroxyl groups is 3. The van der Waals surface area contributed by atoms with Crippen molar-refractivity contribution in [3.05, 3.63) is 29.0 Å². The minimum absolute atomic E-state index is 0.00238. The van der Waals surface area contributed by atoms with Gasteiger partial charge in [-0.15, -0.1) is 11.3 Å². The third-order valence-electron chi connectivity index (χ3n) is 6.48. The molecule has 0 spiro atoms. The number of aliphatic hydroxyl groups excluding tert-OH is 3. The number of hydrogen-bond donors (Lipinski definition) is 3. The van der Waals surface area contributed by atoms with E-state index < -0.39 is 18.3 Å². The van der Waals surface area contributed by atoms with E-state index in [-0.39, 0.29) is 29.7 Å². The maximum absolute atomic E-state index is 13.4. The number of carbonyl (C=O) groups is 1. The Balaban J connectivity index is 1.43. The molecule has 1 aromatic carbocycles. The summed E-state index contributed by atoms with van der Waals surface area (Å²) >= 11 is 1.35. The molecule has 1 aliphatic carbocycles. The quantitative estimate of drug-likeness (QED) is 0.295. The molecule has 2 unspecified atom stereocenters. The molecule has 1 aromatic heterocycles. The first-order valence-corrected chi connectivity index (χ1v) is 12.9. The van der Waals surface area contributed by atoms with Gasteiger partial charge in [0.1, 0.15) is 16.9 Å². The normalized spacial score (nSPS) is 24.0. The first-order chi connectivity index (χ1) is 15.7. The van der Waals surface area contributed by atoms with Crippen LogP contribution >= 0.6 is 11.3 Å². The number of nitrogens with zero attached hydrogens (tertiary/aromatic N) is 1. The maximum atomic E-state index is 13.4. The lowest BCUT2D eigenvalue weighted by molar-refractivity contribution is -0.147. The van der Waals surface area contributed by atoms with Crippen molar-refractivity contribution in [2.45, 2.75) is 96.1 Å². The van der Waals surface area contributed by atoms with Crippen LogP contribution in [0.25, 0.3) is 10.2 Å². The summed E-state index contributed by atoms with van der Waals surface area (Å²) in [7, 11) is 0. The molecule has 8 heteroatoms. The maximum Gasteiger partial charge on any atom is 0.306 e. The third-order valence-corrected chi connectivity index (χ3v) is 7.62. The molecule has 5 atom stereocenters. The predicted octanol–water partition coefficient (Wildman–Crippen LogP) is 4.90. The van der Waals surface area contributed by atoms with Gasteiger partial charge in [-0.05, 0) is 69.9 Å². The molecule has 6 nitrogen and oxygen atoms in total. The van der Waals surface area contributed by atoms with Crippen LogP contribution in [0.5, 0.6) is 0 Å². The fourth-order valence-corrected chi connectivity index (χ4v) is 5.81. The van der Waals surface area contributed by atoms with Crippen molar-refractivity contribution in [3.63, 3.8) is 0 Å². The topological polar surface area (TPSA) is 99.9 Å². The molecule has 2 aromatic rings. The Hall–Kier alpha value is -1.61. The summed E-state index contributed by atoms with van der Waals surface area (Å²) < 4.78 is 19.4. The van der Waals surface area contributed by atoms with E-state index in [1.807, 2.05) is 13.8 Å². The largest absolute Gasteiger partial charge is 0.463 e. The van der Waals surface area contributed by atoms with Crippen LogP contribution < -0.4 is 0 Å². The molecule has 0 amide bonds. The van der Waals surface area contributed by atoms with Crippen molar-refractivity contribution in [2.24, 2.45) is 11.8 Å². The van der Waals surface area contributed by atoms with Gasteiger partial charge in [-0.1, -0.05) is 19.3 Å². The highest BCUT2D eigenvalue weighted by molar-refractivity contribution is 7.18. The summed E-state index contributed by atoms with van der Waals surface area (Å²) in [6.07, 6.45) is 4.29. The van der Waals surface area contributed by atoms with E-state index in [0.717, 1.165) is 36.8 Å². The molecular weight excluding hydrogens is 445 g/mol. The number of aromatic nitrogens is 1. The Morgan fingerprint density at radius 1 is 1.15 bits per heavy atom. The van der Waals surface area contributed by atoms with Gasteiger partial charge < -0.3 is 20.1 Å². The van der Waals surface area contributed by atoms with Crippen molar-refractivity contribution in [1.29, 1.82) is 0 Å². The highest BCUT2D eigenvalue weighted by Gasteiger charge is 2.41. The van der Waals surface area contributed by atoms with Gasteiger partial charge in [-0.2, -0.15) is 0 Å². The Labute approximate surface area is 198 Å². The summed E-state index contributed by atoms with van der Waals surface area (Å²) in [6, 6.07) is 4.41. The van der Waals surface area contributed by atoms with Crippen LogP contribution in [0, 0.1) is 17.7 Å². The second kappa shape index (κ2) is 12.2. The average Bonchev–Trinajstić information content (AvgIpc) is 3.28. The number of unbranched alkanes of at least 4 members (excludes halogenated alkanes) is 3. The summed E-state index contributed by atoms with van der Waals surface area (Å²) in [5.74, 6) is -0.573. The number of benzene rings is 1. The molecule has 184 valence electrons. The van der Waals surface area contributed by atoms with Crippen LogP contribution in [0.4, 0.5) is 4.39 Å². The minimum Gasteiger partial charge on any atom is -0.463 e. The second-order valence-corrected chi connectivity index (χ2v) is 10.5. The minimum atomic E-state index is -0.776. The Kier molecular flexibility index (Phi) is 9.61. The molecule has 0 bridgehead atoms. The summed E-state index contributed by atoms with van der Waals surface area (Å²) in [5.41, 5.74) is 0.542. The van der Waals surface area contributed by atoms with E-state index in [9.17, 15) is 24.5 Å². The van der Waals surface area contributed by atoms with Crippen molar-refractivity contribution < 1.29 is 29.2 Å². The molecule has 0 saturated heterocycles. The van der Waals surface area contributed by atoms with Crippen LogP contribution in [0.15, 0.2) is 18.2 Å². The molecule has 1 aliphatic rings. The van der Waals surface area contributed by atoms with Crippen molar-refractivity contribution >= 4 is 27.5 Å². The first-order valence-electron chi connectivity index (χ1n) is 12.0. The van der Waals surface area contributed by atoms with Gasteiger partial charge in [0.25, 0.3) is 0 Å². The van der Waals surface area contributed by atoms with Gasteiger partial charge in [0, 0.05) is 12.5 Å². The summed E-state index contributed by atoms with van der Waals surface area (Å²) in [6.45, 7) is 3.68. The number of hydrogen-bond acceptors (Lipinski definition) is 7. The highest BCUT2D eigenvalue weighted by atomic mass is 32.1. The zero-order chi connectivity index (χ0) is 24.0. The van der Waals surface area contributed by atoms with E-state index in [1.165, 1.54) is 23.5 Å². The van der Waals surface area contributed by atoms with Crippen LogP contribution in [0.2, 0.25) is 0 Å². The van der Waals surface area contributed by atoms with Gasteiger partial charge in [0.15, 0.2) is 0 Å². The van der Waals surface area contributed by atoms with E-state index in [0.29, 0.717) is 36.2 Å². The van der Waals surface area contributed by atoms with E-state index >= 15 is 0 Å². The molecule has 1 saturated carbocycles. The van der Waals surface area contributed by atoms with Crippen LogP contribution in [0.3, 0.4) is 0 Å². The lowest BCUT2D eigenvalue weighted by Gasteiger charge is -2.24. The SMILES string of the molecule is CC(C)OC(=O)CCCCCCC1[C@@H](CCC(O)c2nc3cc(F)ccc3s2)[C@H](O)C[C@@H]1O. The van der Waals surface area contributed by atoms with Crippen LogP contribution in [0.1, 0.15) is 82.7 Å². The molecule has 33 heavy (non-hydrogen) atoms. The Morgan fingerprint density at radius 2 is 1.85 bits per heavy atom. The number of esters is 1. The number of carbonyl (C=O) groups excluding carboxylic acids is 1. The van der Waals surface area contributed by atoms with E-state index in [4.69, 9.17) is 4.74 Å². The molecular formula is C25H36FNO5S. The van der Waals surface area contributed by atoms with E-state index in [2.05, 4.69) is 4.98 Å². The molecule has 3 N–H and O–H groups in total. The van der Waals surface area contributed by atoms with Gasteiger partial charge in [-0.3, -0.25) is 4.79 Å². The van der Waals surface area contributed by atoms with Crippen molar-refractivity contribution in [3.8, 4) is 0 Å². The van der Waals surface area contributed by atoms with Crippen molar-refractivity contribution in [2.75, 3.05) is 0 Å². The fraction of sp³-hybridized carbons (Fsp3) is 0.680. The second-order valence-electron chi connectivity index (χ2n) is 9.45. The van der Waals surface area contributed by atoms with Crippen LogP contribution in [-0.4, -0.2) is 44.6 Å². The van der Waals surface area contributed by atoms with Crippen LogP contribution in [-0.2, 0) is 9.53 Å². The Bertz CT molecular complexity index is 904. The predicted molar refractivity (Wildman–Crippen MR) is 126 cm³/mol. The monoisotopic (exact) mass is 481 g/mol. The molecule has 1 heterocycles. The third kappa shape index (κ3) is 7.44. The lowest BCUT2D eigenvalue weighted by Crippen LogP contribution is -2.23. The lowest BCUT2D eigenvalue weighted by atomic mass is 9.85. The standard InChI is InChI=1S/C25H36FNO5S/c1-15(2)32-24(31)8-6-4-3-5-7-17-18(22(30)14-21(17)29)10-11-20(28)25-27-19-13-16(26)9-12-23(19)33-25/h9,12-13,15,17-18,20-22,28-30H,3-8,10-11,14H2,1-2H3/t17?,18-,20?,21+,22-/m1/s1. The first kappa shape index (κ1) is 26.0. The number of thiazole rings is 1. The fourth-order valence-electron chi connectivity index (χ4n) is 4.84. The molecule has 1 fully saturated rings. The van der Waals surface area contributed by atoms with Gasteiger partial charge in [-0.25, -0.2) is 9.37 Å². The highest BCUT2D eigenvalue weighted by Crippen LogP contribution is 2.40. The number of rotatable bonds is 12. The van der Waals surface area contributed by atoms with Gasteiger partial charge in [0.2, 0.25) is 0 Å². The Morgan fingerprint density at radius 3 is 2.58 bits per heavy atom. The smallest absolute Gasteiger partial charge is 0.306 e. The summed E-state index contributed by atoms with van der Waals surface area (Å²) in [4.78, 5) is 16.0. The zero-order valence-electron chi connectivity index (χ0n) is 19.5.